The maximum atomic E-state index is 13.3. The van der Waals surface area contributed by atoms with E-state index in [-0.39, 0.29) is 11.9 Å². The van der Waals surface area contributed by atoms with Crippen molar-refractivity contribution in [3.05, 3.63) is 63.4 Å². The van der Waals surface area contributed by atoms with E-state index in [4.69, 9.17) is 4.74 Å². The van der Waals surface area contributed by atoms with Crippen LogP contribution in [-0.2, 0) is 6.42 Å². The van der Waals surface area contributed by atoms with Crippen LogP contribution in [0.1, 0.15) is 22.7 Å². The summed E-state index contributed by atoms with van der Waals surface area (Å²) in [4.78, 5) is 0. The van der Waals surface area contributed by atoms with Crippen molar-refractivity contribution in [3.63, 3.8) is 0 Å². The molecule has 2 nitrogen and oxygen atoms in total. The Balaban J connectivity index is 2.09. The van der Waals surface area contributed by atoms with Crippen LogP contribution in [0.4, 0.5) is 4.39 Å². The van der Waals surface area contributed by atoms with Crippen molar-refractivity contribution in [1.82, 2.24) is 5.32 Å². The van der Waals surface area contributed by atoms with E-state index in [1.165, 1.54) is 17.7 Å². The first-order valence-corrected chi connectivity index (χ1v) is 7.37. The molecule has 3 rings (SSSR count). The number of nitrogens with one attached hydrogen (secondary N) is 1. The highest BCUT2D eigenvalue weighted by atomic mass is 79.9. The van der Waals surface area contributed by atoms with Crippen molar-refractivity contribution in [3.8, 4) is 5.75 Å². The van der Waals surface area contributed by atoms with Crippen LogP contribution < -0.4 is 10.1 Å². The summed E-state index contributed by atoms with van der Waals surface area (Å²) in [7, 11) is 1.90. The Labute approximate surface area is 126 Å². The molecule has 1 aliphatic heterocycles. The second-order valence-electron chi connectivity index (χ2n) is 4.82. The van der Waals surface area contributed by atoms with Gasteiger partial charge in [0.15, 0.2) is 0 Å². The van der Waals surface area contributed by atoms with Gasteiger partial charge in [-0.3, -0.25) is 0 Å². The van der Waals surface area contributed by atoms with Gasteiger partial charge in [-0.15, -0.1) is 0 Å². The monoisotopic (exact) mass is 335 g/mol. The molecule has 1 heterocycles. The zero-order chi connectivity index (χ0) is 14.1. The van der Waals surface area contributed by atoms with Crippen molar-refractivity contribution < 1.29 is 9.13 Å². The standard InChI is InChI=1S/C16H15BrFNO/c1-19-15(12-6-5-11(18)9-14(12)17)13-4-2-3-10-7-8-20-16(10)13/h2-6,9,15,19H,7-8H2,1H3. The average Bonchev–Trinajstić information content (AvgIpc) is 2.91. The Bertz CT molecular complexity index is 644. The Morgan fingerprint density at radius 2 is 2.10 bits per heavy atom. The Morgan fingerprint density at radius 3 is 2.85 bits per heavy atom. The first-order valence-electron chi connectivity index (χ1n) is 6.57. The molecule has 4 heteroatoms. The number of rotatable bonds is 3. The average molecular weight is 336 g/mol. The lowest BCUT2D eigenvalue weighted by Crippen LogP contribution is -2.19. The number of para-hydroxylation sites is 1. The SMILES string of the molecule is CNC(c1ccc(F)cc1Br)c1cccc2c1OCC2. The first kappa shape index (κ1) is 13.6. The Kier molecular flexibility index (Phi) is 3.76. The predicted molar refractivity (Wildman–Crippen MR) is 80.6 cm³/mol. The summed E-state index contributed by atoms with van der Waals surface area (Å²) < 4.78 is 19.8. The lowest BCUT2D eigenvalue weighted by atomic mass is 9.96. The van der Waals surface area contributed by atoms with Gasteiger partial charge in [0.2, 0.25) is 0 Å². The van der Waals surface area contributed by atoms with Gasteiger partial charge in [-0.25, -0.2) is 4.39 Å². The summed E-state index contributed by atoms with van der Waals surface area (Å²) in [6.07, 6.45) is 0.949. The fourth-order valence-corrected chi connectivity index (χ4v) is 3.26. The van der Waals surface area contributed by atoms with Crippen LogP contribution in [0.2, 0.25) is 0 Å². The summed E-state index contributed by atoms with van der Waals surface area (Å²) in [5.74, 6) is 0.716. The number of halogens is 2. The third-order valence-electron chi connectivity index (χ3n) is 3.62. The van der Waals surface area contributed by atoms with Crippen molar-refractivity contribution in [2.45, 2.75) is 12.5 Å². The molecular weight excluding hydrogens is 321 g/mol. The Morgan fingerprint density at radius 1 is 1.25 bits per heavy atom. The van der Waals surface area contributed by atoms with E-state index in [1.54, 1.807) is 6.07 Å². The molecule has 1 atom stereocenters. The minimum Gasteiger partial charge on any atom is -0.493 e. The molecule has 1 unspecified atom stereocenters. The van der Waals surface area contributed by atoms with Crippen LogP contribution in [0.3, 0.4) is 0 Å². The number of fused-ring (bicyclic) bond motifs is 1. The molecule has 0 saturated heterocycles. The van der Waals surface area contributed by atoms with Gasteiger partial charge in [0.1, 0.15) is 11.6 Å². The van der Waals surface area contributed by atoms with Gasteiger partial charge >= 0.3 is 0 Å². The quantitative estimate of drug-likeness (QED) is 0.920. The summed E-state index contributed by atoms with van der Waals surface area (Å²) in [5.41, 5.74) is 3.33. The molecule has 2 aromatic rings. The summed E-state index contributed by atoms with van der Waals surface area (Å²) in [6, 6.07) is 10.9. The molecule has 0 bridgehead atoms. The number of hydrogen-bond acceptors (Lipinski definition) is 2. The number of benzene rings is 2. The molecule has 0 saturated carbocycles. The maximum Gasteiger partial charge on any atom is 0.127 e. The van der Waals surface area contributed by atoms with Gasteiger partial charge in [0.05, 0.1) is 12.6 Å². The molecule has 0 spiro atoms. The van der Waals surface area contributed by atoms with Crippen molar-refractivity contribution in [2.24, 2.45) is 0 Å². The highest BCUT2D eigenvalue weighted by Crippen LogP contribution is 2.38. The predicted octanol–water partition coefficient (Wildman–Crippen LogP) is 3.83. The lowest BCUT2D eigenvalue weighted by molar-refractivity contribution is 0.351. The molecule has 1 aliphatic rings. The second-order valence-corrected chi connectivity index (χ2v) is 5.68. The molecule has 0 aliphatic carbocycles. The van der Waals surface area contributed by atoms with E-state index >= 15 is 0 Å². The van der Waals surface area contributed by atoms with Crippen molar-refractivity contribution in [1.29, 1.82) is 0 Å². The van der Waals surface area contributed by atoms with Crippen LogP contribution in [0.15, 0.2) is 40.9 Å². The molecule has 0 radical (unpaired) electrons. The van der Waals surface area contributed by atoms with E-state index < -0.39 is 0 Å². The normalized spacial score (nSPS) is 14.8. The van der Waals surface area contributed by atoms with Gasteiger partial charge in [-0.1, -0.05) is 40.2 Å². The van der Waals surface area contributed by atoms with Gasteiger partial charge in [0.25, 0.3) is 0 Å². The van der Waals surface area contributed by atoms with Gasteiger partial charge in [0, 0.05) is 16.5 Å². The molecule has 0 amide bonds. The third-order valence-corrected chi connectivity index (χ3v) is 4.30. The van der Waals surface area contributed by atoms with Gasteiger partial charge < -0.3 is 10.1 Å². The highest BCUT2D eigenvalue weighted by molar-refractivity contribution is 9.10. The third kappa shape index (κ3) is 2.34. The summed E-state index contributed by atoms with van der Waals surface area (Å²) >= 11 is 3.45. The lowest BCUT2D eigenvalue weighted by Gasteiger charge is -2.21. The number of ether oxygens (including phenoxy) is 1. The van der Waals surface area contributed by atoms with Gasteiger partial charge in [-0.05, 0) is 30.3 Å². The first-order chi connectivity index (χ1) is 9.70. The van der Waals surface area contributed by atoms with Crippen LogP contribution >= 0.6 is 15.9 Å². The molecule has 0 fully saturated rings. The molecule has 104 valence electrons. The molecule has 20 heavy (non-hydrogen) atoms. The Hall–Kier alpha value is -1.39. The minimum absolute atomic E-state index is 0.0296. The van der Waals surface area contributed by atoms with E-state index in [1.807, 2.05) is 13.1 Å². The van der Waals surface area contributed by atoms with Gasteiger partial charge in [-0.2, -0.15) is 0 Å². The van der Waals surface area contributed by atoms with E-state index in [0.29, 0.717) is 0 Å². The summed E-state index contributed by atoms with van der Waals surface area (Å²) in [6.45, 7) is 0.730. The molecule has 0 aromatic heterocycles. The van der Waals surface area contributed by atoms with E-state index in [2.05, 4.69) is 33.4 Å². The maximum absolute atomic E-state index is 13.3. The fraction of sp³-hybridized carbons (Fsp3) is 0.250. The summed E-state index contributed by atoms with van der Waals surface area (Å²) in [5, 5.41) is 3.29. The molecule has 2 aromatic carbocycles. The number of hydrogen-bond donors (Lipinski definition) is 1. The minimum atomic E-state index is -0.245. The van der Waals surface area contributed by atoms with Crippen LogP contribution in [0.25, 0.3) is 0 Å². The second kappa shape index (κ2) is 5.54. The van der Waals surface area contributed by atoms with Crippen molar-refractivity contribution >= 4 is 15.9 Å². The van der Waals surface area contributed by atoms with Crippen LogP contribution in [0, 0.1) is 5.82 Å². The zero-order valence-corrected chi connectivity index (χ0v) is 12.7. The zero-order valence-electron chi connectivity index (χ0n) is 11.1. The van der Waals surface area contributed by atoms with Crippen LogP contribution in [0.5, 0.6) is 5.75 Å². The van der Waals surface area contributed by atoms with E-state index in [0.717, 1.165) is 34.4 Å². The van der Waals surface area contributed by atoms with E-state index in [9.17, 15) is 4.39 Å². The molecular formula is C16H15BrFNO. The smallest absolute Gasteiger partial charge is 0.127 e. The molecule has 1 N–H and O–H groups in total. The fourth-order valence-electron chi connectivity index (χ4n) is 2.68. The van der Waals surface area contributed by atoms with Crippen LogP contribution in [-0.4, -0.2) is 13.7 Å². The highest BCUT2D eigenvalue weighted by Gasteiger charge is 2.23. The van der Waals surface area contributed by atoms with Crippen molar-refractivity contribution in [2.75, 3.05) is 13.7 Å². The largest absolute Gasteiger partial charge is 0.493 e. The topological polar surface area (TPSA) is 21.3 Å².